The lowest BCUT2D eigenvalue weighted by molar-refractivity contribution is 0.109. The minimum absolute atomic E-state index is 0. The van der Waals surface area contributed by atoms with Crippen LogP contribution in [-0.4, -0.2) is 49.2 Å². The zero-order valence-electron chi connectivity index (χ0n) is 8.74. The number of nitrogens with two attached hydrogens (primary N) is 1. The first-order chi connectivity index (χ1) is 6.75. The SMILES string of the molecule is Cl.NC(=O)NC1CCN(C2CNC2)CC1. The van der Waals surface area contributed by atoms with Crippen molar-refractivity contribution in [1.82, 2.24) is 15.5 Å². The van der Waals surface area contributed by atoms with Gasteiger partial charge >= 0.3 is 6.03 Å². The third-order valence-corrected chi connectivity index (χ3v) is 3.15. The van der Waals surface area contributed by atoms with Gasteiger partial charge in [0.1, 0.15) is 0 Å². The van der Waals surface area contributed by atoms with Crippen LogP contribution in [0.3, 0.4) is 0 Å². The number of likely N-dealkylation sites (tertiary alicyclic amines) is 1. The largest absolute Gasteiger partial charge is 0.352 e. The molecule has 0 aromatic carbocycles. The molecule has 2 saturated heterocycles. The average molecular weight is 235 g/mol. The molecule has 2 aliphatic heterocycles. The summed E-state index contributed by atoms with van der Waals surface area (Å²) in [5.74, 6) is 0. The molecule has 0 aromatic rings. The Morgan fingerprint density at radius 3 is 2.33 bits per heavy atom. The predicted molar refractivity (Wildman–Crippen MR) is 61.2 cm³/mol. The van der Waals surface area contributed by atoms with Gasteiger partial charge in [0.05, 0.1) is 0 Å². The van der Waals surface area contributed by atoms with Gasteiger partial charge in [0.15, 0.2) is 0 Å². The number of primary amides is 1. The lowest BCUT2D eigenvalue weighted by Crippen LogP contribution is -2.60. The van der Waals surface area contributed by atoms with Crippen molar-refractivity contribution >= 4 is 18.4 Å². The number of hydrogen-bond acceptors (Lipinski definition) is 3. The van der Waals surface area contributed by atoms with Crippen LogP contribution < -0.4 is 16.4 Å². The first-order valence-corrected chi connectivity index (χ1v) is 5.26. The fourth-order valence-electron chi connectivity index (χ4n) is 2.14. The third-order valence-electron chi connectivity index (χ3n) is 3.15. The van der Waals surface area contributed by atoms with Crippen molar-refractivity contribution in [3.8, 4) is 0 Å². The van der Waals surface area contributed by atoms with E-state index in [1.165, 1.54) is 0 Å². The van der Waals surface area contributed by atoms with E-state index in [0.717, 1.165) is 45.1 Å². The highest BCUT2D eigenvalue weighted by Crippen LogP contribution is 2.14. The summed E-state index contributed by atoms with van der Waals surface area (Å²) in [5.41, 5.74) is 5.08. The van der Waals surface area contributed by atoms with E-state index in [2.05, 4.69) is 15.5 Å². The molecule has 2 fully saturated rings. The Labute approximate surface area is 96.2 Å². The number of carbonyl (C=O) groups excluding carboxylic acids is 1. The molecule has 15 heavy (non-hydrogen) atoms. The minimum atomic E-state index is -0.395. The molecule has 4 N–H and O–H groups in total. The minimum Gasteiger partial charge on any atom is -0.352 e. The Hall–Kier alpha value is -0.520. The van der Waals surface area contributed by atoms with Crippen molar-refractivity contribution in [3.63, 3.8) is 0 Å². The summed E-state index contributed by atoms with van der Waals surface area (Å²) >= 11 is 0. The summed E-state index contributed by atoms with van der Waals surface area (Å²) in [4.78, 5) is 13.1. The third kappa shape index (κ3) is 3.22. The van der Waals surface area contributed by atoms with Crippen LogP contribution in [0.1, 0.15) is 12.8 Å². The van der Waals surface area contributed by atoms with E-state index < -0.39 is 6.03 Å². The van der Waals surface area contributed by atoms with Crippen molar-refractivity contribution < 1.29 is 4.79 Å². The number of nitrogens with zero attached hydrogens (tertiary/aromatic N) is 1. The molecule has 0 aromatic heterocycles. The number of carbonyl (C=O) groups is 1. The van der Waals surface area contributed by atoms with Gasteiger partial charge in [-0.1, -0.05) is 0 Å². The molecule has 0 atom stereocenters. The number of rotatable bonds is 2. The molecular formula is C9H19ClN4O. The van der Waals surface area contributed by atoms with Crippen LogP contribution >= 0.6 is 12.4 Å². The number of hydrogen-bond donors (Lipinski definition) is 3. The standard InChI is InChI=1S/C9H18N4O.ClH/c10-9(14)12-7-1-3-13(4-2-7)8-5-11-6-8;/h7-8,11H,1-6H2,(H3,10,12,14);1H. The van der Waals surface area contributed by atoms with Crippen LogP contribution in [0.4, 0.5) is 4.79 Å². The van der Waals surface area contributed by atoms with Crippen LogP contribution in [0.25, 0.3) is 0 Å². The molecule has 2 heterocycles. The molecule has 0 unspecified atom stereocenters. The molecule has 0 spiro atoms. The average Bonchev–Trinajstić information content (AvgIpc) is 2.04. The van der Waals surface area contributed by atoms with E-state index in [-0.39, 0.29) is 18.4 Å². The van der Waals surface area contributed by atoms with Crippen LogP contribution in [0, 0.1) is 0 Å². The topological polar surface area (TPSA) is 70.4 Å². The van der Waals surface area contributed by atoms with E-state index in [0.29, 0.717) is 0 Å². The van der Waals surface area contributed by atoms with Crippen molar-refractivity contribution in [2.45, 2.75) is 24.9 Å². The molecule has 2 rings (SSSR count). The van der Waals surface area contributed by atoms with E-state index in [9.17, 15) is 4.79 Å². The van der Waals surface area contributed by atoms with Gasteiger partial charge < -0.3 is 16.4 Å². The zero-order chi connectivity index (χ0) is 9.97. The van der Waals surface area contributed by atoms with Crippen LogP contribution in [-0.2, 0) is 0 Å². The number of piperidine rings is 1. The Bertz CT molecular complexity index is 214. The van der Waals surface area contributed by atoms with Gasteiger partial charge in [-0.3, -0.25) is 4.90 Å². The lowest BCUT2D eigenvalue weighted by atomic mass is 10.0. The van der Waals surface area contributed by atoms with Gasteiger partial charge in [-0.2, -0.15) is 0 Å². The quantitative estimate of drug-likeness (QED) is 0.604. The highest BCUT2D eigenvalue weighted by atomic mass is 35.5. The van der Waals surface area contributed by atoms with Gasteiger partial charge in [-0.25, -0.2) is 4.79 Å². The molecule has 5 nitrogen and oxygen atoms in total. The normalized spacial score (nSPS) is 24.0. The fourth-order valence-corrected chi connectivity index (χ4v) is 2.14. The Balaban J connectivity index is 0.00000112. The van der Waals surface area contributed by atoms with Gasteiger partial charge in [-0.15, -0.1) is 12.4 Å². The first-order valence-electron chi connectivity index (χ1n) is 5.26. The molecule has 88 valence electrons. The second kappa shape index (κ2) is 5.53. The van der Waals surface area contributed by atoms with E-state index >= 15 is 0 Å². The Morgan fingerprint density at radius 1 is 1.33 bits per heavy atom. The van der Waals surface area contributed by atoms with Gasteiger partial charge in [0.2, 0.25) is 0 Å². The predicted octanol–water partition coefficient (Wildman–Crippen LogP) is -0.487. The van der Waals surface area contributed by atoms with Crippen molar-refractivity contribution in [2.24, 2.45) is 5.73 Å². The van der Waals surface area contributed by atoms with Crippen LogP contribution in [0.2, 0.25) is 0 Å². The summed E-state index contributed by atoms with van der Waals surface area (Å²) in [6.45, 7) is 4.40. The summed E-state index contributed by atoms with van der Waals surface area (Å²) in [7, 11) is 0. The summed E-state index contributed by atoms with van der Waals surface area (Å²) in [5, 5.41) is 6.04. The fraction of sp³-hybridized carbons (Fsp3) is 0.889. The van der Waals surface area contributed by atoms with Crippen molar-refractivity contribution in [1.29, 1.82) is 0 Å². The number of nitrogens with one attached hydrogen (secondary N) is 2. The summed E-state index contributed by atoms with van der Waals surface area (Å²) in [6, 6.07) is 0.620. The zero-order valence-corrected chi connectivity index (χ0v) is 9.55. The van der Waals surface area contributed by atoms with Crippen LogP contribution in [0.5, 0.6) is 0 Å². The van der Waals surface area contributed by atoms with Crippen molar-refractivity contribution in [3.05, 3.63) is 0 Å². The van der Waals surface area contributed by atoms with Crippen LogP contribution in [0.15, 0.2) is 0 Å². The second-order valence-corrected chi connectivity index (χ2v) is 4.13. The molecule has 2 amide bonds. The molecule has 0 bridgehead atoms. The smallest absolute Gasteiger partial charge is 0.312 e. The Kier molecular flexibility index (Phi) is 4.63. The first kappa shape index (κ1) is 12.5. The maximum Gasteiger partial charge on any atom is 0.312 e. The molecule has 0 aliphatic carbocycles. The molecule has 2 aliphatic rings. The van der Waals surface area contributed by atoms with Gasteiger partial charge in [0.25, 0.3) is 0 Å². The lowest BCUT2D eigenvalue weighted by Gasteiger charge is -2.42. The van der Waals surface area contributed by atoms with Crippen molar-refractivity contribution in [2.75, 3.05) is 26.2 Å². The Morgan fingerprint density at radius 2 is 1.93 bits per heavy atom. The van der Waals surface area contributed by atoms with Gasteiger partial charge in [-0.05, 0) is 12.8 Å². The summed E-state index contributed by atoms with van der Waals surface area (Å²) in [6.07, 6.45) is 2.05. The summed E-state index contributed by atoms with van der Waals surface area (Å²) < 4.78 is 0. The number of amides is 2. The molecule has 6 heteroatoms. The molecule has 0 radical (unpaired) electrons. The molecule has 0 saturated carbocycles. The molecular weight excluding hydrogens is 216 g/mol. The van der Waals surface area contributed by atoms with E-state index in [1.54, 1.807) is 0 Å². The maximum absolute atomic E-state index is 10.6. The monoisotopic (exact) mass is 234 g/mol. The van der Waals surface area contributed by atoms with E-state index in [1.807, 2.05) is 0 Å². The number of urea groups is 1. The maximum atomic E-state index is 10.6. The number of halogens is 1. The van der Waals surface area contributed by atoms with Gasteiger partial charge in [0, 0.05) is 38.3 Å². The van der Waals surface area contributed by atoms with E-state index in [4.69, 9.17) is 5.73 Å². The highest BCUT2D eigenvalue weighted by molar-refractivity contribution is 5.85. The second-order valence-electron chi connectivity index (χ2n) is 4.13. The highest BCUT2D eigenvalue weighted by Gasteiger charge is 2.28.